The van der Waals surface area contributed by atoms with Gasteiger partial charge in [0.15, 0.2) is 0 Å². The molecule has 0 spiro atoms. The Balaban J connectivity index is 0.000000494. The molecule has 0 unspecified atom stereocenters. The van der Waals surface area contributed by atoms with Crippen molar-refractivity contribution >= 4 is 11.5 Å². The zero-order valence-electron chi connectivity index (χ0n) is 11.0. The summed E-state index contributed by atoms with van der Waals surface area (Å²) in [5.74, 6) is -0.0271. The Morgan fingerprint density at radius 3 is 2.39 bits per heavy atom. The van der Waals surface area contributed by atoms with Gasteiger partial charge in [0.25, 0.3) is 0 Å². The van der Waals surface area contributed by atoms with Crippen molar-refractivity contribution in [1.29, 1.82) is 5.41 Å². The van der Waals surface area contributed by atoms with Crippen molar-refractivity contribution < 1.29 is 0 Å². The van der Waals surface area contributed by atoms with Crippen LogP contribution < -0.4 is 16.8 Å². The van der Waals surface area contributed by atoms with Crippen LogP contribution in [0.1, 0.15) is 11.1 Å². The number of likely N-dealkylation sites (N-methyl/N-ethyl adjacent to an activating group) is 1. The highest BCUT2D eigenvalue weighted by Crippen LogP contribution is 2.13. The number of rotatable bonds is 4. The topological polar surface area (TPSA) is 87.9 Å². The second kappa shape index (κ2) is 9.01. The summed E-state index contributed by atoms with van der Waals surface area (Å²) in [7, 11) is 1.89. The van der Waals surface area contributed by atoms with Gasteiger partial charge in [-0.3, -0.25) is 5.41 Å². The van der Waals surface area contributed by atoms with E-state index in [1.54, 1.807) is 0 Å². The molecular formula is C14H22N4. The largest absolute Gasteiger partial charge is 0.398 e. The van der Waals surface area contributed by atoms with Crippen molar-refractivity contribution in [1.82, 2.24) is 5.32 Å². The number of nitrogens with two attached hydrogens (primary N) is 2. The van der Waals surface area contributed by atoms with E-state index in [-0.39, 0.29) is 5.84 Å². The summed E-state index contributed by atoms with van der Waals surface area (Å²) in [5, 5.41) is 9.97. The minimum atomic E-state index is -0.0271. The number of amidine groups is 1. The van der Waals surface area contributed by atoms with Gasteiger partial charge in [0.2, 0.25) is 0 Å². The Morgan fingerprint density at radius 1 is 1.39 bits per heavy atom. The fourth-order valence-corrected chi connectivity index (χ4v) is 1.29. The molecule has 0 heterocycles. The lowest BCUT2D eigenvalue weighted by molar-refractivity contribution is 0.921. The molecule has 0 saturated carbocycles. The standard InChI is InChI=1S/C10H13N3.C4H9N/c1-7-4-2-3-5-8(7)9(11)6-10(12)13;1-3-4-5-2/h2-6H,11H2,1H3,(H3,12,13);3,5H,1,4H2,2H3/b9-6-;. The van der Waals surface area contributed by atoms with Gasteiger partial charge in [-0.1, -0.05) is 30.3 Å². The maximum absolute atomic E-state index is 7.07. The molecule has 0 bridgehead atoms. The van der Waals surface area contributed by atoms with Gasteiger partial charge in [-0.2, -0.15) is 0 Å². The van der Waals surface area contributed by atoms with Gasteiger partial charge in [0, 0.05) is 23.9 Å². The SMILES string of the molecule is C=CCNC.Cc1ccccc1/C(N)=C/C(=N)N. The molecule has 1 rings (SSSR count). The average molecular weight is 246 g/mol. The highest BCUT2D eigenvalue weighted by atomic mass is 14.8. The van der Waals surface area contributed by atoms with E-state index in [1.165, 1.54) is 6.08 Å². The zero-order chi connectivity index (χ0) is 14.0. The van der Waals surface area contributed by atoms with Gasteiger partial charge in [0.05, 0.1) is 0 Å². The summed E-state index contributed by atoms with van der Waals surface area (Å²) < 4.78 is 0. The van der Waals surface area contributed by atoms with Crippen molar-refractivity contribution in [2.24, 2.45) is 11.5 Å². The van der Waals surface area contributed by atoms with Crippen LogP contribution in [-0.4, -0.2) is 19.4 Å². The third kappa shape index (κ3) is 6.50. The van der Waals surface area contributed by atoms with E-state index in [2.05, 4.69) is 11.9 Å². The van der Waals surface area contributed by atoms with Crippen molar-refractivity contribution in [2.45, 2.75) is 6.92 Å². The van der Waals surface area contributed by atoms with Gasteiger partial charge in [-0.05, 0) is 19.5 Å². The van der Waals surface area contributed by atoms with Gasteiger partial charge in [0.1, 0.15) is 5.84 Å². The average Bonchev–Trinajstić information content (AvgIpc) is 2.30. The van der Waals surface area contributed by atoms with E-state index in [0.29, 0.717) is 5.70 Å². The highest BCUT2D eigenvalue weighted by molar-refractivity contribution is 5.95. The van der Waals surface area contributed by atoms with Crippen LogP contribution in [0, 0.1) is 12.3 Å². The van der Waals surface area contributed by atoms with Gasteiger partial charge >= 0.3 is 0 Å². The monoisotopic (exact) mass is 246 g/mol. The van der Waals surface area contributed by atoms with E-state index in [9.17, 15) is 0 Å². The third-order valence-electron chi connectivity index (χ3n) is 2.12. The normalized spacial score (nSPS) is 10.2. The number of aryl methyl sites for hydroxylation is 1. The Kier molecular flexibility index (Phi) is 7.98. The quantitative estimate of drug-likeness (QED) is 0.370. The molecule has 0 aliphatic heterocycles. The zero-order valence-corrected chi connectivity index (χ0v) is 11.0. The lowest BCUT2D eigenvalue weighted by Gasteiger charge is -2.04. The van der Waals surface area contributed by atoms with E-state index in [4.69, 9.17) is 16.9 Å². The van der Waals surface area contributed by atoms with Crippen LogP contribution in [0.4, 0.5) is 0 Å². The van der Waals surface area contributed by atoms with Crippen LogP contribution in [0.15, 0.2) is 43.0 Å². The minimum Gasteiger partial charge on any atom is -0.398 e. The number of hydrogen-bond donors (Lipinski definition) is 4. The van der Waals surface area contributed by atoms with E-state index >= 15 is 0 Å². The number of hydrogen-bond acceptors (Lipinski definition) is 3. The first-order chi connectivity index (χ1) is 8.52. The maximum Gasteiger partial charge on any atom is 0.117 e. The second-order valence-electron chi connectivity index (χ2n) is 3.72. The molecule has 0 aromatic heterocycles. The summed E-state index contributed by atoms with van der Waals surface area (Å²) in [6, 6.07) is 7.73. The van der Waals surface area contributed by atoms with Crippen LogP contribution >= 0.6 is 0 Å². The van der Waals surface area contributed by atoms with E-state index in [1.807, 2.05) is 44.3 Å². The third-order valence-corrected chi connectivity index (χ3v) is 2.12. The van der Waals surface area contributed by atoms with E-state index < -0.39 is 0 Å². The Hall–Kier alpha value is -2.07. The molecule has 0 saturated heterocycles. The molecular weight excluding hydrogens is 224 g/mol. The first-order valence-corrected chi connectivity index (χ1v) is 5.65. The molecule has 0 aliphatic carbocycles. The number of benzene rings is 1. The predicted molar refractivity (Wildman–Crippen MR) is 79.4 cm³/mol. The molecule has 4 nitrogen and oxygen atoms in total. The van der Waals surface area contributed by atoms with Crippen LogP contribution in [-0.2, 0) is 0 Å². The first kappa shape index (κ1) is 15.9. The smallest absolute Gasteiger partial charge is 0.117 e. The van der Waals surface area contributed by atoms with Crippen molar-refractivity contribution in [3.8, 4) is 0 Å². The molecule has 1 aromatic rings. The summed E-state index contributed by atoms with van der Waals surface area (Å²) in [5.41, 5.74) is 13.5. The van der Waals surface area contributed by atoms with Crippen LogP contribution in [0.2, 0.25) is 0 Å². The van der Waals surface area contributed by atoms with Crippen molar-refractivity contribution in [2.75, 3.05) is 13.6 Å². The highest BCUT2D eigenvalue weighted by Gasteiger charge is 1.99. The van der Waals surface area contributed by atoms with Gasteiger partial charge in [-0.25, -0.2) is 0 Å². The minimum absolute atomic E-state index is 0.0271. The molecule has 18 heavy (non-hydrogen) atoms. The molecule has 4 heteroatoms. The summed E-state index contributed by atoms with van der Waals surface area (Å²) in [6.07, 6.45) is 3.27. The van der Waals surface area contributed by atoms with Crippen LogP contribution in [0.5, 0.6) is 0 Å². The molecule has 0 atom stereocenters. The van der Waals surface area contributed by atoms with E-state index in [0.717, 1.165) is 17.7 Å². The fourth-order valence-electron chi connectivity index (χ4n) is 1.29. The molecule has 0 amide bonds. The van der Waals surface area contributed by atoms with Gasteiger partial charge in [-0.15, -0.1) is 6.58 Å². The van der Waals surface area contributed by atoms with Crippen LogP contribution in [0.25, 0.3) is 5.70 Å². The van der Waals surface area contributed by atoms with Crippen LogP contribution in [0.3, 0.4) is 0 Å². The van der Waals surface area contributed by atoms with Crippen molar-refractivity contribution in [3.05, 3.63) is 54.1 Å². The lowest BCUT2D eigenvalue weighted by atomic mass is 10.1. The number of nitrogens with one attached hydrogen (secondary N) is 2. The second-order valence-corrected chi connectivity index (χ2v) is 3.72. The Labute approximate surface area is 109 Å². The molecule has 1 aromatic carbocycles. The lowest BCUT2D eigenvalue weighted by Crippen LogP contribution is -2.09. The molecule has 0 aliphatic rings. The molecule has 6 N–H and O–H groups in total. The fraction of sp³-hybridized carbons (Fsp3) is 0.214. The maximum atomic E-state index is 7.07. The predicted octanol–water partition coefficient (Wildman–Crippen LogP) is 1.62. The molecule has 98 valence electrons. The molecule has 0 radical (unpaired) electrons. The summed E-state index contributed by atoms with van der Waals surface area (Å²) in [4.78, 5) is 0. The molecule has 0 fully saturated rings. The van der Waals surface area contributed by atoms with Crippen molar-refractivity contribution in [3.63, 3.8) is 0 Å². The van der Waals surface area contributed by atoms with Gasteiger partial charge < -0.3 is 16.8 Å². The first-order valence-electron chi connectivity index (χ1n) is 5.65. The summed E-state index contributed by atoms with van der Waals surface area (Å²) in [6.45, 7) is 6.36. The Bertz CT molecular complexity index is 422. The Morgan fingerprint density at radius 2 is 2.00 bits per heavy atom. The summed E-state index contributed by atoms with van der Waals surface area (Å²) >= 11 is 0.